The normalized spacial score (nSPS) is 12.2. The summed E-state index contributed by atoms with van der Waals surface area (Å²) in [4.78, 5) is 21.8. The van der Waals surface area contributed by atoms with Crippen LogP contribution >= 0.6 is 15.9 Å². The van der Waals surface area contributed by atoms with Crippen LogP contribution in [0, 0.1) is 0 Å². The Hall–Kier alpha value is -1.82. The molecule has 102 valence electrons. The van der Waals surface area contributed by atoms with Gasteiger partial charge in [0.1, 0.15) is 5.75 Å². The highest BCUT2D eigenvalue weighted by Gasteiger charge is 2.16. The first-order valence-electron chi connectivity index (χ1n) is 5.39. The Bertz CT molecular complexity index is 510. The van der Waals surface area contributed by atoms with Crippen LogP contribution in [0.5, 0.6) is 5.75 Å². The van der Waals surface area contributed by atoms with E-state index >= 15 is 0 Å². The van der Waals surface area contributed by atoms with E-state index in [-0.39, 0.29) is 0 Å². The smallest absolute Gasteiger partial charge is 0.346 e. The molecule has 0 spiro atoms. The Labute approximate surface area is 119 Å². The average molecular weight is 329 g/mol. The number of rotatable bonds is 5. The zero-order valence-corrected chi connectivity index (χ0v) is 12.0. The number of hydrogen-bond donors (Lipinski definition) is 1. The number of carboxylic acids is 1. The monoisotopic (exact) mass is 328 g/mol. The number of carbonyl (C=O) groups is 2. The molecule has 1 atom stereocenters. The number of esters is 1. The number of carbonyl (C=O) groups excluding carboxylic acids is 1. The minimum absolute atomic E-state index is 0.401. The van der Waals surface area contributed by atoms with Crippen LogP contribution in [-0.4, -0.2) is 30.3 Å². The van der Waals surface area contributed by atoms with Crippen LogP contribution in [0.2, 0.25) is 0 Å². The van der Waals surface area contributed by atoms with Crippen LogP contribution < -0.4 is 4.74 Å². The maximum atomic E-state index is 11.3. The van der Waals surface area contributed by atoms with E-state index in [2.05, 4.69) is 20.7 Å². The van der Waals surface area contributed by atoms with Crippen LogP contribution in [0.3, 0.4) is 0 Å². The highest BCUT2D eigenvalue weighted by molar-refractivity contribution is 9.10. The largest absolute Gasteiger partial charge is 0.478 e. The predicted octanol–water partition coefficient (Wildman–Crippen LogP) is 2.49. The third-order valence-electron chi connectivity index (χ3n) is 2.21. The number of ether oxygens (including phenoxy) is 2. The fraction of sp³-hybridized carbons (Fsp3) is 0.231. The Balaban J connectivity index is 2.99. The summed E-state index contributed by atoms with van der Waals surface area (Å²) in [6.07, 6.45) is 1.62. The van der Waals surface area contributed by atoms with Gasteiger partial charge in [-0.2, -0.15) is 0 Å². The highest BCUT2D eigenvalue weighted by atomic mass is 79.9. The van der Waals surface area contributed by atoms with Gasteiger partial charge in [-0.1, -0.05) is 15.9 Å². The number of carboxylic acid groups (broad SMARTS) is 1. The van der Waals surface area contributed by atoms with E-state index in [1.54, 1.807) is 25.1 Å². The molecule has 0 saturated carbocycles. The second kappa shape index (κ2) is 6.94. The summed E-state index contributed by atoms with van der Waals surface area (Å²) in [6.45, 7) is 1.55. The lowest BCUT2D eigenvalue weighted by Gasteiger charge is -2.14. The Morgan fingerprint density at radius 3 is 2.68 bits per heavy atom. The molecule has 0 saturated heterocycles. The molecule has 1 rings (SSSR count). The second-order valence-electron chi connectivity index (χ2n) is 3.64. The van der Waals surface area contributed by atoms with Crippen molar-refractivity contribution in [2.75, 3.05) is 7.11 Å². The minimum atomic E-state index is -1.06. The van der Waals surface area contributed by atoms with Crippen LogP contribution in [0.4, 0.5) is 0 Å². The third-order valence-corrected chi connectivity index (χ3v) is 2.71. The van der Waals surface area contributed by atoms with Gasteiger partial charge in [-0.25, -0.2) is 9.59 Å². The van der Waals surface area contributed by atoms with Gasteiger partial charge in [0.2, 0.25) is 0 Å². The van der Waals surface area contributed by atoms with E-state index in [4.69, 9.17) is 9.84 Å². The molecule has 0 aliphatic heterocycles. The van der Waals surface area contributed by atoms with Gasteiger partial charge in [0.25, 0.3) is 0 Å². The lowest BCUT2D eigenvalue weighted by atomic mass is 10.2. The Morgan fingerprint density at radius 1 is 1.42 bits per heavy atom. The number of benzene rings is 1. The van der Waals surface area contributed by atoms with Crippen molar-refractivity contribution >= 4 is 33.9 Å². The quantitative estimate of drug-likeness (QED) is 0.664. The first-order chi connectivity index (χ1) is 8.93. The summed E-state index contributed by atoms with van der Waals surface area (Å²) in [5, 5.41) is 8.63. The van der Waals surface area contributed by atoms with Gasteiger partial charge < -0.3 is 14.6 Å². The van der Waals surface area contributed by atoms with Crippen molar-refractivity contribution in [3.63, 3.8) is 0 Å². The molecule has 0 aromatic heterocycles. The van der Waals surface area contributed by atoms with Crippen molar-refractivity contribution in [1.82, 2.24) is 0 Å². The van der Waals surface area contributed by atoms with E-state index in [1.807, 2.05) is 0 Å². The number of methoxy groups -OCH3 is 1. The lowest BCUT2D eigenvalue weighted by Crippen LogP contribution is -2.25. The summed E-state index contributed by atoms with van der Waals surface area (Å²) >= 11 is 3.28. The van der Waals surface area contributed by atoms with Gasteiger partial charge in [-0.05, 0) is 31.2 Å². The zero-order valence-electron chi connectivity index (χ0n) is 10.4. The van der Waals surface area contributed by atoms with Gasteiger partial charge in [0, 0.05) is 16.1 Å². The molecule has 1 N–H and O–H groups in total. The summed E-state index contributed by atoms with van der Waals surface area (Å²) < 4.78 is 10.8. The maximum absolute atomic E-state index is 11.3. The first-order valence-corrected chi connectivity index (χ1v) is 6.18. The summed E-state index contributed by atoms with van der Waals surface area (Å²) in [5.41, 5.74) is 0.549. The van der Waals surface area contributed by atoms with E-state index < -0.39 is 18.0 Å². The van der Waals surface area contributed by atoms with E-state index in [9.17, 15) is 9.59 Å². The Morgan fingerprint density at radius 2 is 2.11 bits per heavy atom. The standard InChI is InChI=1S/C13H13BrO5/c1-8(13(17)18-2)19-11-5-4-10(14)7-9(11)3-6-12(15)16/h3-8H,1-2H3,(H,15,16). The molecule has 1 unspecified atom stereocenters. The first kappa shape index (κ1) is 15.2. The zero-order chi connectivity index (χ0) is 14.4. The van der Waals surface area contributed by atoms with Gasteiger partial charge in [-0.3, -0.25) is 0 Å². The van der Waals surface area contributed by atoms with Gasteiger partial charge in [0.05, 0.1) is 7.11 Å². The highest BCUT2D eigenvalue weighted by Crippen LogP contribution is 2.25. The number of aliphatic carboxylic acids is 1. The molecule has 0 radical (unpaired) electrons. The van der Waals surface area contributed by atoms with Gasteiger partial charge in [0.15, 0.2) is 6.10 Å². The number of halogens is 1. The van der Waals surface area contributed by atoms with Crippen molar-refractivity contribution in [2.24, 2.45) is 0 Å². The van der Waals surface area contributed by atoms with E-state index in [0.29, 0.717) is 11.3 Å². The van der Waals surface area contributed by atoms with Crippen molar-refractivity contribution in [3.05, 3.63) is 34.3 Å². The fourth-order valence-electron chi connectivity index (χ4n) is 1.32. The molecule has 0 aliphatic rings. The van der Waals surface area contributed by atoms with Crippen molar-refractivity contribution in [2.45, 2.75) is 13.0 Å². The molecule has 0 aliphatic carbocycles. The molecule has 5 nitrogen and oxygen atoms in total. The summed E-state index contributed by atoms with van der Waals surface area (Å²) in [6, 6.07) is 5.07. The number of hydrogen-bond acceptors (Lipinski definition) is 4. The molecule has 1 aromatic carbocycles. The van der Waals surface area contributed by atoms with Crippen LogP contribution in [0.25, 0.3) is 6.08 Å². The van der Waals surface area contributed by atoms with E-state index in [0.717, 1.165) is 10.5 Å². The third kappa shape index (κ3) is 4.75. The summed E-state index contributed by atoms with van der Waals surface area (Å²) in [5.74, 6) is -1.17. The van der Waals surface area contributed by atoms with Crippen LogP contribution in [0.1, 0.15) is 12.5 Å². The minimum Gasteiger partial charge on any atom is -0.478 e. The molecule has 0 amide bonds. The average Bonchev–Trinajstić information content (AvgIpc) is 2.37. The maximum Gasteiger partial charge on any atom is 0.346 e. The fourth-order valence-corrected chi connectivity index (χ4v) is 1.70. The predicted molar refractivity (Wildman–Crippen MR) is 72.9 cm³/mol. The second-order valence-corrected chi connectivity index (χ2v) is 4.55. The van der Waals surface area contributed by atoms with Crippen LogP contribution in [0.15, 0.2) is 28.7 Å². The molecule has 1 aromatic rings. The molecular weight excluding hydrogens is 316 g/mol. The van der Waals surface area contributed by atoms with Gasteiger partial charge >= 0.3 is 11.9 Å². The molecular formula is C13H13BrO5. The molecule has 0 bridgehead atoms. The van der Waals surface area contributed by atoms with Crippen molar-refractivity contribution < 1.29 is 24.2 Å². The molecule has 6 heteroatoms. The lowest BCUT2D eigenvalue weighted by molar-refractivity contribution is -0.147. The topological polar surface area (TPSA) is 72.8 Å². The summed E-state index contributed by atoms with van der Waals surface area (Å²) in [7, 11) is 1.27. The molecule has 0 heterocycles. The Kier molecular flexibility index (Phi) is 5.57. The molecule has 0 fully saturated rings. The van der Waals surface area contributed by atoms with Crippen LogP contribution in [-0.2, 0) is 14.3 Å². The van der Waals surface area contributed by atoms with Crippen molar-refractivity contribution in [3.8, 4) is 5.75 Å². The van der Waals surface area contributed by atoms with E-state index in [1.165, 1.54) is 13.2 Å². The molecule has 19 heavy (non-hydrogen) atoms. The van der Waals surface area contributed by atoms with Crippen molar-refractivity contribution in [1.29, 1.82) is 0 Å². The SMILES string of the molecule is COC(=O)C(C)Oc1ccc(Br)cc1C=CC(=O)O. The van der Waals surface area contributed by atoms with Gasteiger partial charge in [-0.15, -0.1) is 0 Å².